The SMILES string of the molecule is CC(C)(C)NCC(F)c1cccc(C2CCC2)c1. The van der Waals surface area contributed by atoms with Gasteiger partial charge in [-0.3, -0.25) is 0 Å². The molecule has 0 amide bonds. The van der Waals surface area contributed by atoms with Crippen LogP contribution in [0.1, 0.15) is 63.3 Å². The van der Waals surface area contributed by atoms with Gasteiger partial charge >= 0.3 is 0 Å². The Balaban J connectivity index is 1.98. The van der Waals surface area contributed by atoms with Crippen LogP contribution >= 0.6 is 0 Å². The summed E-state index contributed by atoms with van der Waals surface area (Å²) < 4.78 is 14.2. The zero-order chi connectivity index (χ0) is 13.2. The molecular weight excluding hydrogens is 225 g/mol. The smallest absolute Gasteiger partial charge is 0.138 e. The minimum Gasteiger partial charge on any atom is -0.309 e. The first-order valence-corrected chi connectivity index (χ1v) is 6.95. The summed E-state index contributed by atoms with van der Waals surface area (Å²) in [5, 5.41) is 3.22. The van der Waals surface area contributed by atoms with E-state index in [2.05, 4.69) is 38.2 Å². The van der Waals surface area contributed by atoms with E-state index in [1.165, 1.54) is 24.8 Å². The molecule has 0 saturated heterocycles. The molecule has 1 unspecified atom stereocenters. The molecule has 1 N–H and O–H groups in total. The molecule has 1 aliphatic carbocycles. The van der Waals surface area contributed by atoms with Crippen LogP contribution in [0.2, 0.25) is 0 Å². The highest BCUT2D eigenvalue weighted by Crippen LogP contribution is 2.37. The first-order valence-electron chi connectivity index (χ1n) is 6.95. The highest BCUT2D eigenvalue weighted by Gasteiger charge is 2.21. The Morgan fingerprint density at radius 1 is 1.33 bits per heavy atom. The highest BCUT2D eigenvalue weighted by atomic mass is 19.1. The summed E-state index contributed by atoms with van der Waals surface area (Å²) in [6.45, 7) is 6.57. The fourth-order valence-electron chi connectivity index (χ4n) is 2.26. The quantitative estimate of drug-likeness (QED) is 0.836. The second-order valence-corrected chi connectivity index (χ2v) is 6.40. The molecule has 0 aliphatic heterocycles. The van der Waals surface area contributed by atoms with Crippen LogP contribution in [-0.4, -0.2) is 12.1 Å². The van der Waals surface area contributed by atoms with E-state index in [1.807, 2.05) is 12.1 Å². The van der Waals surface area contributed by atoms with Crippen molar-refractivity contribution >= 4 is 0 Å². The fraction of sp³-hybridized carbons (Fsp3) is 0.625. The zero-order valence-electron chi connectivity index (χ0n) is 11.7. The molecule has 1 aromatic rings. The molecule has 0 heterocycles. The maximum absolute atomic E-state index is 14.2. The van der Waals surface area contributed by atoms with Crippen LogP contribution in [0.25, 0.3) is 0 Å². The maximum Gasteiger partial charge on any atom is 0.138 e. The number of hydrogen-bond acceptors (Lipinski definition) is 1. The highest BCUT2D eigenvalue weighted by molar-refractivity contribution is 5.29. The van der Waals surface area contributed by atoms with Gasteiger partial charge < -0.3 is 5.32 Å². The number of nitrogens with one attached hydrogen (secondary N) is 1. The second-order valence-electron chi connectivity index (χ2n) is 6.40. The van der Waals surface area contributed by atoms with E-state index in [9.17, 15) is 4.39 Å². The fourth-order valence-corrected chi connectivity index (χ4v) is 2.26. The van der Waals surface area contributed by atoms with Crippen molar-refractivity contribution in [3.63, 3.8) is 0 Å². The minimum atomic E-state index is -0.913. The van der Waals surface area contributed by atoms with E-state index in [0.29, 0.717) is 12.5 Å². The summed E-state index contributed by atoms with van der Waals surface area (Å²) in [7, 11) is 0. The number of rotatable bonds is 4. The van der Waals surface area contributed by atoms with E-state index in [1.54, 1.807) is 0 Å². The van der Waals surface area contributed by atoms with E-state index in [-0.39, 0.29) is 5.54 Å². The van der Waals surface area contributed by atoms with Gasteiger partial charge in [-0.25, -0.2) is 4.39 Å². The molecule has 18 heavy (non-hydrogen) atoms. The Morgan fingerprint density at radius 3 is 2.61 bits per heavy atom. The normalized spacial score (nSPS) is 18.4. The lowest BCUT2D eigenvalue weighted by Gasteiger charge is -2.27. The van der Waals surface area contributed by atoms with Crippen LogP contribution < -0.4 is 5.32 Å². The molecule has 1 saturated carbocycles. The van der Waals surface area contributed by atoms with Crippen molar-refractivity contribution in [3.05, 3.63) is 35.4 Å². The van der Waals surface area contributed by atoms with Gasteiger partial charge in [-0.2, -0.15) is 0 Å². The monoisotopic (exact) mass is 249 g/mol. The van der Waals surface area contributed by atoms with E-state index in [0.717, 1.165) is 5.56 Å². The summed E-state index contributed by atoms with van der Waals surface area (Å²) in [6.07, 6.45) is 2.94. The Hall–Kier alpha value is -0.890. The molecule has 1 fully saturated rings. The topological polar surface area (TPSA) is 12.0 Å². The summed E-state index contributed by atoms with van der Waals surface area (Å²) in [4.78, 5) is 0. The van der Waals surface area contributed by atoms with Crippen molar-refractivity contribution in [3.8, 4) is 0 Å². The van der Waals surface area contributed by atoms with Gasteiger partial charge in [0.25, 0.3) is 0 Å². The molecule has 0 spiro atoms. The van der Waals surface area contributed by atoms with Crippen molar-refractivity contribution in [2.24, 2.45) is 0 Å². The third-order valence-corrected chi connectivity index (χ3v) is 3.66. The Bertz CT molecular complexity index is 390. The van der Waals surface area contributed by atoms with Crippen LogP contribution in [0.5, 0.6) is 0 Å². The zero-order valence-corrected chi connectivity index (χ0v) is 11.7. The van der Waals surface area contributed by atoms with Gasteiger partial charge in [0, 0.05) is 12.1 Å². The average molecular weight is 249 g/mol. The molecule has 100 valence electrons. The van der Waals surface area contributed by atoms with Crippen LogP contribution in [0.3, 0.4) is 0 Å². The van der Waals surface area contributed by atoms with Crippen molar-refractivity contribution in [1.29, 1.82) is 0 Å². The van der Waals surface area contributed by atoms with Gasteiger partial charge in [0.1, 0.15) is 6.17 Å². The minimum absolute atomic E-state index is 0.0318. The van der Waals surface area contributed by atoms with Gasteiger partial charge in [0.05, 0.1) is 0 Å². The molecule has 1 aliphatic rings. The van der Waals surface area contributed by atoms with Crippen molar-refractivity contribution < 1.29 is 4.39 Å². The maximum atomic E-state index is 14.2. The third-order valence-electron chi connectivity index (χ3n) is 3.66. The molecule has 1 atom stereocenters. The van der Waals surface area contributed by atoms with Crippen LogP contribution in [0, 0.1) is 0 Å². The molecule has 0 aromatic heterocycles. The third kappa shape index (κ3) is 3.55. The first kappa shape index (κ1) is 13.5. The predicted octanol–water partition coefficient (Wildman–Crippen LogP) is 4.35. The van der Waals surface area contributed by atoms with Gasteiger partial charge in [-0.05, 0) is 50.7 Å². The number of alkyl halides is 1. The summed E-state index contributed by atoms with van der Waals surface area (Å²) in [5.74, 6) is 0.674. The van der Waals surface area contributed by atoms with Crippen molar-refractivity contribution in [2.75, 3.05) is 6.54 Å². The molecule has 0 bridgehead atoms. The molecule has 2 heteroatoms. The van der Waals surface area contributed by atoms with Crippen LogP contribution in [-0.2, 0) is 0 Å². The van der Waals surface area contributed by atoms with E-state index < -0.39 is 6.17 Å². The molecule has 1 nitrogen and oxygen atoms in total. The van der Waals surface area contributed by atoms with Crippen molar-refractivity contribution in [1.82, 2.24) is 5.32 Å². The molecule has 2 rings (SSSR count). The van der Waals surface area contributed by atoms with Crippen LogP contribution in [0.15, 0.2) is 24.3 Å². The Labute approximate surface area is 110 Å². The van der Waals surface area contributed by atoms with E-state index >= 15 is 0 Å². The Kier molecular flexibility index (Phi) is 4.06. The molecule has 0 radical (unpaired) electrons. The lowest BCUT2D eigenvalue weighted by atomic mass is 9.79. The summed E-state index contributed by atoms with van der Waals surface area (Å²) >= 11 is 0. The lowest BCUT2D eigenvalue weighted by Crippen LogP contribution is -2.37. The van der Waals surface area contributed by atoms with Gasteiger partial charge in [-0.15, -0.1) is 0 Å². The molecule has 1 aromatic carbocycles. The second kappa shape index (κ2) is 5.40. The number of benzene rings is 1. The van der Waals surface area contributed by atoms with Crippen LogP contribution in [0.4, 0.5) is 4.39 Å². The van der Waals surface area contributed by atoms with Crippen molar-refractivity contribution in [2.45, 2.75) is 57.7 Å². The lowest BCUT2D eigenvalue weighted by molar-refractivity contribution is 0.291. The number of halogens is 1. The van der Waals surface area contributed by atoms with Gasteiger partial charge in [0.2, 0.25) is 0 Å². The molecular formula is C16H24FN. The largest absolute Gasteiger partial charge is 0.309 e. The number of hydrogen-bond donors (Lipinski definition) is 1. The van der Waals surface area contributed by atoms with Gasteiger partial charge in [0.15, 0.2) is 0 Å². The summed E-state index contributed by atoms with van der Waals surface area (Å²) in [5.41, 5.74) is 2.10. The van der Waals surface area contributed by atoms with E-state index in [4.69, 9.17) is 0 Å². The standard InChI is InChI=1S/C16H24FN/c1-16(2,3)18-11-15(17)14-9-5-8-13(10-14)12-6-4-7-12/h5,8-10,12,15,18H,4,6-7,11H2,1-3H3. The van der Waals surface area contributed by atoms with Gasteiger partial charge in [-0.1, -0.05) is 30.7 Å². The predicted molar refractivity (Wildman–Crippen MR) is 74.6 cm³/mol. The average Bonchev–Trinajstić information content (AvgIpc) is 2.23. The Morgan fingerprint density at radius 2 is 2.06 bits per heavy atom. The first-order chi connectivity index (χ1) is 8.46. The summed E-state index contributed by atoms with van der Waals surface area (Å²) in [6, 6.07) is 8.08.